The number of carbonyl (C=O) groups excluding carboxylic acids is 1. The SMILES string of the molecule is COC1CCCC1NC(=O)NC(CC(=O)O)C1CC1. The van der Waals surface area contributed by atoms with Crippen molar-refractivity contribution >= 4 is 12.0 Å². The molecule has 19 heavy (non-hydrogen) atoms. The van der Waals surface area contributed by atoms with E-state index < -0.39 is 5.97 Å². The lowest BCUT2D eigenvalue weighted by Crippen LogP contribution is -2.49. The molecule has 2 saturated carbocycles. The number of carboxylic acids is 1. The van der Waals surface area contributed by atoms with Crippen LogP contribution in [-0.4, -0.2) is 42.4 Å². The van der Waals surface area contributed by atoms with Crippen LogP contribution in [0.4, 0.5) is 4.79 Å². The van der Waals surface area contributed by atoms with E-state index in [1.54, 1.807) is 7.11 Å². The first-order valence-electron chi connectivity index (χ1n) is 6.91. The highest BCUT2D eigenvalue weighted by Gasteiger charge is 2.35. The molecule has 0 heterocycles. The molecular formula is C13H22N2O4. The van der Waals surface area contributed by atoms with Gasteiger partial charge in [-0.05, 0) is 38.0 Å². The molecule has 0 aliphatic heterocycles. The number of hydrogen-bond acceptors (Lipinski definition) is 3. The molecule has 3 N–H and O–H groups in total. The zero-order chi connectivity index (χ0) is 13.8. The Morgan fingerprint density at radius 3 is 2.63 bits per heavy atom. The van der Waals surface area contributed by atoms with Crippen molar-refractivity contribution in [2.75, 3.05) is 7.11 Å². The molecule has 0 spiro atoms. The fraction of sp³-hybridized carbons (Fsp3) is 0.846. The van der Waals surface area contributed by atoms with Gasteiger partial charge in [0.25, 0.3) is 0 Å². The molecule has 2 fully saturated rings. The fourth-order valence-corrected chi connectivity index (χ4v) is 2.77. The molecule has 0 bridgehead atoms. The summed E-state index contributed by atoms with van der Waals surface area (Å²) in [5.41, 5.74) is 0. The normalized spacial score (nSPS) is 27.8. The average Bonchev–Trinajstić information content (AvgIpc) is 3.09. The predicted molar refractivity (Wildman–Crippen MR) is 68.9 cm³/mol. The minimum absolute atomic E-state index is 0.00351. The zero-order valence-electron chi connectivity index (χ0n) is 11.2. The topological polar surface area (TPSA) is 87.7 Å². The number of aliphatic carboxylic acids is 1. The molecule has 2 amide bonds. The van der Waals surface area contributed by atoms with E-state index in [0.717, 1.165) is 32.1 Å². The summed E-state index contributed by atoms with van der Waals surface area (Å²) in [6, 6.07) is -0.485. The average molecular weight is 270 g/mol. The third kappa shape index (κ3) is 4.09. The van der Waals surface area contributed by atoms with Crippen LogP contribution < -0.4 is 10.6 Å². The Balaban J connectivity index is 1.80. The third-order valence-corrected chi connectivity index (χ3v) is 3.97. The van der Waals surface area contributed by atoms with Crippen LogP contribution in [0.2, 0.25) is 0 Å². The number of amides is 2. The Kier molecular flexibility index (Phi) is 4.63. The van der Waals surface area contributed by atoms with Gasteiger partial charge in [-0.15, -0.1) is 0 Å². The van der Waals surface area contributed by atoms with Gasteiger partial charge in [-0.1, -0.05) is 0 Å². The van der Waals surface area contributed by atoms with Gasteiger partial charge in [0, 0.05) is 13.2 Å². The van der Waals surface area contributed by atoms with Crippen molar-refractivity contribution in [3.05, 3.63) is 0 Å². The molecule has 2 rings (SSSR count). The van der Waals surface area contributed by atoms with Crippen molar-refractivity contribution in [2.24, 2.45) is 5.92 Å². The maximum Gasteiger partial charge on any atom is 0.315 e. The molecule has 3 unspecified atom stereocenters. The first kappa shape index (κ1) is 14.1. The lowest BCUT2D eigenvalue weighted by atomic mass is 10.1. The first-order chi connectivity index (χ1) is 9.10. The minimum atomic E-state index is -0.868. The van der Waals surface area contributed by atoms with Crippen molar-refractivity contribution < 1.29 is 19.4 Å². The van der Waals surface area contributed by atoms with Gasteiger partial charge in [0.1, 0.15) is 0 Å². The Bertz CT molecular complexity index is 344. The molecule has 0 saturated heterocycles. The Hall–Kier alpha value is -1.30. The monoisotopic (exact) mass is 270 g/mol. The molecule has 0 radical (unpaired) electrons. The highest BCUT2D eigenvalue weighted by atomic mass is 16.5. The molecule has 108 valence electrons. The fourth-order valence-electron chi connectivity index (χ4n) is 2.77. The Morgan fingerprint density at radius 1 is 1.32 bits per heavy atom. The van der Waals surface area contributed by atoms with Crippen molar-refractivity contribution in [2.45, 2.75) is 56.7 Å². The summed E-state index contributed by atoms with van der Waals surface area (Å²) in [6.07, 6.45) is 5.00. The van der Waals surface area contributed by atoms with Crippen LogP contribution in [0.3, 0.4) is 0 Å². The summed E-state index contributed by atoms with van der Waals surface area (Å²) in [4.78, 5) is 22.7. The minimum Gasteiger partial charge on any atom is -0.481 e. The van der Waals surface area contributed by atoms with E-state index >= 15 is 0 Å². The summed E-state index contributed by atoms with van der Waals surface area (Å²) in [5.74, 6) is -0.545. The van der Waals surface area contributed by atoms with Gasteiger partial charge in [-0.3, -0.25) is 4.79 Å². The highest BCUT2D eigenvalue weighted by Crippen LogP contribution is 2.34. The number of hydrogen-bond donors (Lipinski definition) is 3. The van der Waals surface area contributed by atoms with Crippen LogP contribution in [0.1, 0.15) is 38.5 Å². The summed E-state index contributed by atoms with van der Waals surface area (Å²) in [5, 5.41) is 14.5. The summed E-state index contributed by atoms with van der Waals surface area (Å²) >= 11 is 0. The lowest BCUT2D eigenvalue weighted by Gasteiger charge is -2.22. The standard InChI is InChI=1S/C13H22N2O4/c1-19-11-4-2-3-9(11)14-13(18)15-10(7-12(16)17)8-5-6-8/h8-11H,2-7H2,1H3,(H,16,17)(H2,14,15,18). The number of carboxylic acid groups (broad SMARTS) is 1. The van der Waals surface area contributed by atoms with Gasteiger partial charge in [-0.25, -0.2) is 4.79 Å². The van der Waals surface area contributed by atoms with Crippen LogP contribution in [0.25, 0.3) is 0 Å². The number of urea groups is 1. The number of rotatable bonds is 6. The second-order valence-corrected chi connectivity index (χ2v) is 5.47. The van der Waals surface area contributed by atoms with Gasteiger partial charge in [0.15, 0.2) is 0 Å². The Morgan fingerprint density at radius 2 is 2.05 bits per heavy atom. The molecule has 6 heteroatoms. The molecular weight excluding hydrogens is 248 g/mol. The van der Waals surface area contributed by atoms with Crippen LogP contribution in [-0.2, 0) is 9.53 Å². The second kappa shape index (κ2) is 6.23. The highest BCUT2D eigenvalue weighted by molar-refractivity contribution is 5.76. The van der Waals surface area contributed by atoms with Crippen molar-refractivity contribution in [1.29, 1.82) is 0 Å². The molecule has 3 atom stereocenters. The number of methoxy groups -OCH3 is 1. The van der Waals surface area contributed by atoms with Crippen LogP contribution >= 0.6 is 0 Å². The smallest absolute Gasteiger partial charge is 0.315 e. The van der Waals surface area contributed by atoms with Gasteiger partial charge in [0.2, 0.25) is 0 Å². The van der Waals surface area contributed by atoms with Crippen molar-refractivity contribution in [3.63, 3.8) is 0 Å². The van der Waals surface area contributed by atoms with E-state index in [1.165, 1.54) is 0 Å². The lowest BCUT2D eigenvalue weighted by molar-refractivity contribution is -0.137. The van der Waals surface area contributed by atoms with Gasteiger partial charge >= 0.3 is 12.0 Å². The van der Waals surface area contributed by atoms with Crippen LogP contribution in [0.5, 0.6) is 0 Å². The zero-order valence-corrected chi connectivity index (χ0v) is 11.2. The number of carbonyl (C=O) groups is 2. The largest absolute Gasteiger partial charge is 0.481 e. The van der Waals surface area contributed by atoms with Gasteiger partial charge in [-0.2, -0.15) is 0 Å². The molecule has 0 aromatic carbocycles. The van der Waals surface area contributed by atoms with Crippen LogP contribution in [0.15, 0.2) is 0 Å². The second-order valence-electron chi connectivity index (χ2n) is 5.47. The third-order valence-electron chi connectivity index (χ3n) is 3.97. The maximum absolute atomic E-state index is 11.9. The summed E-state index contributed by atoms with van der Waals surface area (Å²) in [7, 11) is 1.65. The molecule has 0 aromatic heterocycles. The van der Waals surface area contributed by atoms with Gasteiger partial charge in [0.05, 0.1) is 18.6 Å². The van der Waals surface area contributed by atoms with Crippen molar-refractivity contribution in [1.82, 2.24) is 10.6 Å². The molecule has 6 nitrogen and oxygen atoms in total. The van der Waals surface area contributed by atoms with E-state index in [9.17, 15) is 9.59 Å². The maximum atomic E-state index is 11.9. The summed E-state index contributed by atoms with van der Waals surface area (Å²) < 4.78 is 5.32. The predicted octanol–water partition coefficient (Wildman–Crippen LogP) is 1.11. The quantitative estimate of drug-likeness (QED) is 0.674. The Labute approximate surface area is 112 Å². The summed E-state index contributed by atoms with van der Waals surface area (Å²) in [6.45, 7) is 0. The molecule has 2 aliphatic carbocycles. The van der Waals surface area contributed by atoms with E-state index in [0.29, 0.717) is 5.92 Å². The van der Waals surface area contributed by atoms with E-state index in [2.05, 4.69) is 10.6 Å². The number of ether oxygens (including phenoxy) is 1. The van der Waals surface area contributed by atoms with E-state index in [-0.39, 0.29) is 30.6 Å². The van der Waals surface area contributed by atoms with Crippen molar-refractivity contribution in [3.8, 4) is 0 Å². The van der Waals surface area contributed by atoms with E-state index in [1.807, 2.05) is 0 Å². The number of nitrogens with one attached hydrogen (secondary N) is 2. The molecule has 2 aliphatic rings. The van der Waals surface area contributed by atoms with Crippen LogP contribution in [0, 0.1) is 5.92 Å². The van der Waals surface area contributed by atoms with E-state index in [4.69, 9.17) is 9.84 Å². The molecule has 0 aromatic rings. The first-order valence-corrected chi connectivity index (χ1v) is 6.91. The van der Waals surface area contributed by atoms with Gasteiger partial charge < -0.3 is 20.5 Å².